The number of aromatic nitrogens is 1. The first-order valence-corrected chi connectivity index (χ1v) is 9.26. The van der Waals surface area contributed by atoms with Gasteiger partial charge in [-0.25, -0.2) is 0 Å². The maximum atomic E-state index is 12.9. The quantitative estimate of drug-likeness (QED) is 0.900. The summed E-state index contributed by atoms with van der Waals surface area (Å²) in [4.78, 5) is 32.4. The smallest absolute Gasteiger partial charge is 0.257 e. The fourth-order valence-electron chi connectivity index (χ4n) is 3.56. The van der Waals surface area contributed by atoms with Crippen molar-refractivity contribution in [2.45, 2.75) is 27.2 Å². The molecule has 1 saturated heterocycles. The number of carbonyl (C=O) groups is 2. The summed E-state index contributed by atoms with van der Waals surface area (Å²) in [5, 5.41) is 0. The average molecular weight is 369 g/mol. The van der Waals surface area contributed by atoms with Crippen molar-refractivity contribution in [1.29, 1.82) is 0 Å². The summed E-state index contributed by atoms with van der Waals surface area (Å²) >= 11 is 0. The van der Waals surface area contributed by atoms with Gasteiger partial charge in [0, 0.05) is 37.6 Å². The molecular weight excluding hydrogens is 342 g/mol. The van der Waals surface area contributed by atoms with E-state index in [-0.39, 0.29) is 11.8 Å². The van der Waals surface area contributed by atoms with E-state index in [2.05, 4.69) is 4.98 Å². The lowest BCUT2D eigenvalue weighted by molar-refractivity contribution is -0.131. The lowest BCUT2D eigenvalue weighted by atomic mass is 10.1. The number of methoxy groups -OCH3 is 1. The van der Waals surface area contributed by atoms with Crippen molar-refractivity contribution in [3.8, 4) is 5.75 Å². The second kappa shape index (κ2) is 7.86. The number of piperazine rings is 1. The van der Waals surface area contributed by atoms with Crippen LogP contribution in [0.1, 0.15) is 32.9 Å². The van der Waals surface area contributed by atoms with Crippen molar-refractivity contribution < 1.29 is 14.3 Å². The zero-order valence-corrected chi connectivity index (χ0v) is 16.5. The summed E-state index contributed by atoms with van der Waals surface area (Å²) in [5.74, 6) is 0.652. The second-order valence-electron chi connectivity index (χ2n) is 7.16. The Hall–Kier alpha value is -2.76. The maximum absolute atomic E-state index is 12.9. The monoisotopic (exact) mass is 369 g/mol. The maximum Gasteiger partial charge on any atom is 0.257 e. The molecule has 6 nitrogen and oxygen atoms in total. The molecule has 0 bridgehead atoms. The van der Waals surface area contributed by atoms with E-state index in [4.69, 9.17) is 4.74 Å². The Labute approximate surface area is 160 Å². The van der Waals surface area contributed by atoms with E-state index in [0.717, 1.165) is 22.5 Å². The Morgan fingerprint density at radius 1 is 1.04 bits per heavy atom. The highest BCUT2D eigenvalue weighted by Gasteiger charge is 2.26. The number of hydrogen-bond donors (Lipinski definition) is 1. The first kappa shape index (κ1) is 19.0. The number of aromatic amines is 1. The number of nitrogens with zero attached hydrogens (tertiary/aromatic N) is 2. The van der Waals surface area contributed by atoms with Gasteiger partial charge in [-0.3, -0.25) is 9.59 Å². The molecule has 0 unspecified atom stereocenters. The van der Waals surface area contributed by atoms with E-state index in [1.165, 1.54) is 0 Å². The predicted octanol–water partition coefficient (Wildman–Crippen LogP) is 2.48. The van der Waals surface area contributed by atoms with Gasteiger partial charge in [0.1, 0.15) is 5.75 Å². The van der Waals surface area contributed by atoms with Crippen LogP contribution in [0.15, 0.2) is 24.3 Å². The van der Waals surface area contributed by atoms with Crippen LogP contribution < -0.4 is 4.74 Å². The Bertz CT molecular complexity index is 848. The number of nitrogens with one attached hydrogen (secondary N) is 1. The van der Waals surface area contributed by atoms with E-state index in [1.54, 1.807) is 12.0 Å². The molecule has 1 aromatic carbocycles. The molecule has 0 spiro atoms. The summed E-state index contributed by atoms with van der Waals surface area (Å²) < 4.78 is 5.34. The summed E-state index contributed by atoms with van der Waals surface area (Å²) in [6, 6.07) is 7.63. The molecule has 1 aliphatic rings. The van der Waals surface area contributed by atoms with Crippen molar-refractivity contribution in [2.24, 2.45) is 0 Å². The molecular formula is C21H27N3O3. The molecule has 1 aromatic heterocycles. The minimum absolute atomic E-state index is 0.0419. The van der Waals surface area contributed by atoms with Crippen LogP contribution in [-0.4, -0.2) is 59.9 Å². The van der Waals surface area contributed by atoms with Crippen LogP contribution in [0.4, 0.5) is 0 Å². The molecule has 144 valence electrons. The fraction of sp³-hybridized carbons (Fsp3) is 0.429. The molecule has 1 N–H and O–H groups in total. The van der Waals surface area contributed by atoms with Crippen molar-refractivity contribution in [2.75, 3.05) is 33.3 Å². The normalized spacial score (nSPS) is 14.4. The van der Waals surface area contributed by atoms with Crippen LogP contribution in [0.5, 0.6) is 5.75 Å². The molecule has 1 fully saturated rings. The van der Waals surface area contributed by atoms with Crippen LogP contribution in [-0.2, 0) is 11.2 Å². The van der Waals surface area contributed by atoms with Gasteiger partial charge < -0.3 is 19.5 Å². The van der Waals surface area contributed by atoms with Crippen molar-refractivity contribution in [1.82, 2.24) is 14.8 Å². The number of benzene rings is 1. The average Bonchev–Trinajstić information content (AvgIpc) is 2.98. The summed E-state index contributed by atoms with van der Waals surface area (Å²) in [6.07, 6.45) is 0.399. The zero-order valence-electron chi connectivity index (χ0n) is 16.5. The van der Waals surface area contributed by atoms with Crippen molar-refractivity contribution in [3.63, 3.8) is 0 Å². The number of hydrogen-bond acceptors (Lipinski definition) is 3. The molecule has 1 aliphatic heterocycles. The minimum atomic E-state index is -0.0419. The van der Waals surface area contributed by atoms with E-state index in [0.29, 0.717) is 43.9 Å². The largest absolute Gasteiger partial charge is 0.496 e. The van der Waals surface area contributed by atoms with Gasteiger partial charge in [0.25, 0.3) is 5.91 Å². The topological polar surface area (TPSA) is 65.6 Å². The third kappa shape index (κ3) is 4.15. The fourth-order valence-corrected chi connectivity index (χ4v) is 3.56. The van der Waals surface area contributed by atoms with Gasteiger partial charge in [-0.1, -0.05) is 11.6 Å². The molecule has 3 rings (SSSR count). The van der Waals surface area contributed by atoms with E-state index in [9.17, 15) is 9.59 Å². The SMILES string of the molecule is COc1ccc(C)cc1C(=O)N1CCN(C(=O)Cc2cc(C)[nH]c2C)CC1. The van der Waals surface area contributed by atoms with Crippen LogP contribution in [0.25, 0.3) is 0 Å². The first-order chi connectivity index (χ1) is 12.9. The highest BCUT2D eigenvalue weighted by atomic mass is 16.5. The predicted molar refractivity (Wildman–Crippen MR) is 104 cm³/mol. The number of rotatable bonds is 4. The van der Waals surface area contributed by atoms with Crippen LogP contribution in [0.3, 0.4) is 0 Å². The molecule has 0 saturated carbocycles. The lowest BCUT2D eigenvalue weighted by Crippen LogP contribution is -2.51. The van der Waals surface area contributed by atoms with Gasteiger partial charge >= 0.3 is 0 Å². The van der Waals surface area contributed by atoms with Crippen LogP contribution in [0, 0.1) is 20.8 Å². The Balaban J connectivity index is 1.61. The van der Waals surface area contributed by atoms with Gasteiger partial charge in [-0.15, -0.1) is 0 Å². The molecule has 27 heavy (non-hydrogen) atoms. The highest BCUT2D eigenvalue weighted by molar-refractivity contribution is 5.97. The molecule has 0 atom stereocenters. The standard InChI is InChI=1S/C21H27N3O3/c1-14-5-6-19(27-4)18(11-14)21(26)24-9-7-23(8-10-24)20(25)13-17-12-15(2)22-16(17)3/h5-6,11-12,22H,7-10,13H2,1-4H3. The molecule has 0 aliphatic carbocycles. The molecule has 2 amide bonds. The number of aryl methyl sites for hydroxylation is 3. The van der Waals surface area contributed by atoms with Crippen molar-refractivity contribution >= 4 is 11.8 Å². The highest BCUT2D eigenvalue weighted by Crippen LogP contribution is 2.22. The van der Waals surface area contributed by atoms with Crippen LogP contribution >= 0.6 is 0 Å². The minimum Gasteiger partial charge on any atom is -0.496 e. The van der Waals surface area contributed by atoms with Gasteiger partial charge in [0.05, 0.1) is 19.1 Å². The third-order valence-corrected chi connectivity index (χ3v) is 5.10. The van der Waals surface area contributed by atoms with E-state index >= 15 is 0 Å². The molecule has 6 heteroatoms. The van der Waals surface area contributed by atoms with Crippen molar-refractivity contribution in [3.05, 3.63) is 52.3 Å². The Morgan fingerprint density at radius 3 is 2.30 bits per heavy atom. The zero-order chi connectivity index (χ0) is 19.6. The van der Waals surface area contributed by atoms with Gasteiger partial charge in [0.15, 0.2) is 0 Å². The summed E-state index contributed by atoms with van der Waals surface area (Å²) in [5.41, 5.74) is 4.75. The molecule has 2 aromatic rings. The lowest BCUT2D eigenvalue weighted by Gasteiger charge is -2.35. The van der Waals surface area contributed by atoms with Gasteiger partial charge in [-0.2, -0.15) is 0 Å². The van der Waals surface area contributed by atoms with Gasteiger partial charge in [-0.05, 0) is 44.5 Å². The Morgan fingerprint density at radius 2 is 1.70 bits per heavy atom. The summed E-state index contributed by atoms with van der Waals surface area (Å²) in [6.45, 7) is 8.12. The van der Waals surface area contributed by atoms with E-state index in [1.807, 2.05) is 49.9 Å². The van der Waals surface area contributed by atoms with Crippen LogP contribution in [0.2, 0.25) is 0 Å². The third-order valence-electron chi connectivity index (χ3n) is 5.10. The molecule has 2 heterocycles. The number of ether oxygens (including phenoxy) is 1. The van der Waals surface area contributed by atoms with E-state index < -0.39 is 0 Å². The number of H-pyrrole nitrogens is 1. The second-order valence-corrected chi connectivity index (χ2v) is 7.16. The first-order valence-electron chi connectivity index (χ1n) is 9.26. The van der Waals surface area contributed by atoms with Gasteiger partial charge in [0.2, 0.25) is 5.91 Å². The number of carbonyl (C=O) groups excluding carboxylic acids is 2. The summed E-state index contributed by atoms with van der Waals surface area (Å²) in [7, 11) is 1.57. The Kier molecular flexibility index (Phi) is 5.54. The number of amides is 2. The molecule has 0 radical (unpaired) electrons.